The van der Waals surface area contributed by atoms with E-state index in [-0.39, 0.29) is 17.9 Å². The first-order chi connectivity index (χ1) is 13.1. The van der Waals surface area contributed by atoms with Crippen LogP contribution in [0.1, 0.15) is 27.0 Å². The van der Waals surface area contributed by atoms with Crippen molar-refractivity contribution in [3.8, 4) is 5.75 Å². The summed E-state index contributed by atoms with van der Waals surface area (Å²) in [5.41, 5.74) is 3.42. The fraction of sp³-hybridized carbons (Fsp3) is 0.182. The first-order valence-electron chi connectivity index (χ1n) is 8.63. The Morgan fingerprint density at radius 3 is 2.48 bits per heavy atom. The first kappa shape index (κ1) is 19.1. The van der Waals surface area contributed by atoms with Gasteiger partial charge in [-0.2, -0.15) is 0 Å². The van der Waals surface area contributed by atoms with Gasteiger partial charge < -0.3 is 9.30 Å². The maximum absolute atomic E-state index is 12.6. The summed E-state index contributed by atoms with van der Waals surface area (Å²) < 4.78 is 7.06. The summed E-state index contributed by atoms with van der Waals surface area (Å²) in [6.07, 6.45) is 1.60. The van der Waals surface area contributed by atoms with E-state index < -0.39 is 0 Å². The van der Waals surface area contributed by atoms with Crippen molar-refractivity contribution in [3.63, 3.8) is 0 Å². The van der Waals surface area contributed by atoms with E-state index in [1.807, 2.05) is 55.5 Å². The van der Waals surface area contributed by atoms with Crippen LogP contribution in [0.25, 0.3) is 0 Å². The zero-order chi connectivity index (χ0) is 19.2. The molecule has 3 rings (SSSR count). The van der Waals surface area contributed by atoms with Gasteiger partial charge in [-0.25, -0.2) is 0 Å². The Morgan fingerprint density at radius 1 is 1.04 bits per heavy atom. The van der Waals surface area contributed by atoms with Crippen LogP contribution in [0.2, 0.25) is 0 Å². The van der Waals surface area contributed by atoms with Crippen molar-refractivity contribution in [2.45, 2.75) is 25.4 Å². The largest absolute Gasteiger partial charge is 0.489 e. The molecule has 0 aliphatic heterocycles. The molecule has 0 radical (unpaired) electrons. The molecule has 0 atom stereocenters. The second-order valence-electron chi connectivity index (χ2n) is 6.31. The van der Waals surface area contributed by atoms with E-state index in [1.165, 1.54) is 10.6 Å². The highest BCUT2D eigenvalue weighted by molar-refractivity contribution is 9.08. The van der Waals surface area contributed by atoms with E-state index in [1.54, 1.807) is 12.3 Å². The van der Waals surface area contributed by atoms with Crippen LogP contribution < -0.4 is 10.3 Å². The van der Waals surface area contributed by atoms with Crippen molar-refractivity contribution in [1.82, 2.24) is 4.57 Å². The average Bonchev–Trinajstić information content (AvgIpc) is 2.68. The molecule has 0 spiro atoms. The number of alkyl halides is 1. The van der Waals surface area contributed by atoms with Gasteiger partial charge in [0.15, 0.2) is 5.78 Å². The van der Waals surface area contributed by atoms with E-state index in [2.05, 4.69) is 15.9 Å². The third kappa shape index (κ3) is 4.95. The van der Waals surface area contributed by atoms with Gasteiger partial charge in [-0.15, -0.1) is 0 Å². The molecule has 1 aromatic heterocycles. The standard InChI is InChI=1S/C22H20BrNO3/c1-16-11-18(13-23)7-8-20(16)21(25)14-24-10-9-19(12-22(24)26)27-15-17-5-3-2-4-6-17/h2-12H,13-15H2,1H3. The number of hydrogen-bond acceptors (Lipinski definition) is 3. The Labute approximate surface area is 166 Å². The minimum atomic E-state index is -0.261. The van der Waals surface area contributed by atoms with Gasteiger partial charge in [0.25, 0.3) is 5.56 Å². The average molecular weight is 426 g/mol. The second-order valence-corrected chi connectivity index (χ2v) is 6.87. The van der Waals surface area contributed by atoms with E-state index >= 15 is 0 Å². The quantitative estimate of drug-likeness (QED) is 0.413. The summed E-state index contributed by atoms with van der Waals surface area (Å²) >= 11 is 3.41. The van der Waals surface area contributed by atoms with E-state index in [4.69, 9.17) is 4.74 Å². The number of aryl methyl sites for hydroxylation is 1. The summed E-state index contributed by atoms with van der Waals surface area (Å²) in [6, 6.07) is 18.6. The SMILES string of the molecule is Cc1cc(CBr)ccc1C(=O)Cn1ccc(OCc2ccccc2)cc1=O. The van der Waals surface area contributed by atoms with Crippen molar-refractivity contribution in [1.29, 1.82) is 0 Å². The maximum atomic E-state index is 12.6. The molecule has 0 fully saturated rings. The number of carbonyl (C=O) groups excluding carboxylic acids is 1. The van der Waals surface area contributed by atoms with Gasteiger partial charge in [0.2, 0.25) is 0 Å². The Balaban J connectivity index is 1.69. The van der Waals surface area contributed by atoms with Gasteiger partial charge in [-0.1, -0.05) is 64.5 Å². The lowest BCUT2D eigenvalue weighted by molar-refractivity contribution is 0.0970. The van der Waals surface area contributed by atoms with Gasteiger partial charge in [-0.05, 0) is 29.7 Å². The molecule has 4 nitrogen and oxygen atoms in total. The van der Waals surface area contributed by atoms with Crippen LogP contribution in [0.3, 0.4) is 0 Å². The number of pyridine rings is 1. The molecule has 3 aromatic rings. The van der Waals surface area contributed by atoms with Crippen molar-refractivity contribution >= 4 is 21.7 Å². The molecule has 27 heavy (non-hydrogen) atoms. The summed E-state index contributed by atoms with van der Waals surface area (Å²) in [5.74, 6) is 0.402. The van der Waals surface area contributed by atoms with Crippen molar-refractivity contribution < 1.29 is 9.53 Å². The van der Waals surface area contributed by atoms with Crippen molar-refractivity contribution in [3.05, 3.63) is 99.5 Å². The van der Waals surface area contributed by atoms with Crippen molar-refractivity contribution in [2.24, 2.45) is 0 Å². The highest BCUT2D eigenvalue weighted by atomic mass is 79.9. The molecule has 5 heteroatoms. The van der Waals surface area contributed by atoms with Gasteiger partial charge >= 0.3 is 0 Å². The Kier molecular flexibility index (Phi) is 6.24. The predicted molar refractivity (Wildman–Crippen MR) is 110 cm³/mol. The van der Waals surface area contributed by atoms with Crippen LogP contribution >= 0.6 is 15.9 Å². The number of rotatable bonds is 7. The fourth-order valence-electron chi connectivity index (χ4n) is 2.81. The number of carbonyl (C=O) groups is 1. The lowest BCUT2D eigenvalue weighted by Crippen LogP contribution is -2.23. The van der Waals surface area contributed by atoms with Gasteiger partial charge in [0, 0.05) is 23.2 Å². The summed E-state index contributed by atoms with van der Waals surface area (Å²) in [5, 5.41) is 0.742. The van der Waals surface area contributed by atoms with Gasteiger partial charge in [0.1, 0.15) is 12.4 Å². The highest BCUT2D eigenvalue weighted by Gasteiger charge is 2.11. The van der Waals surface area contributed by atoms with Crippen molar-refractivity contribution in [2.75, 3.05) is 0 Å². The van der Waals surface area contributed by atoms with Crippen LogP contribution in [-0.4, -0.2) is 10.4 Å². The molecule has 0 saturated heterocycles. The minimum absolute atomic E-state index is 0.00625. The number of benzene rings is 2. The summed E-state index contributed by atoms with van der Waals surface area (Å²) in [4.78, 5) is 24.9. The summed E-state index contributed by atoms with van der Waals surface area (Å²) in [7, 11) is 0. The topological polar surface area (TPSA) is 48.3 Å². The zero-order valence-corrected chi connectivity index (χ0v) is 16.6. The number of ether oxygens (including phenoxy) is 1. The van der Waals surface area contributed by atoms with Gasteiger partial charge in [0.05, 0.1) is 6.54 Å². The molecular formula is C22H20BrNO3. The minimum Gasteiger partial charge on any atom is -0.489 e. The smallest absolute Gasteiger partial charge is 0.254 e. The highest BCUT2D eigenvalue weighted by Crippen LogP contribution is 2.15. The Morgan fingerprint density at radius 2 is 1.81 bits per heavy atom. The molecule has 2 aromatic carbocycles. The second kappa shape index (κ2) is 8.82. The van der Waals surface area contributed by atoms with Crippen LogP contribution in [0.5, 0.6) is 5.75 Å². The molecule has 0 saturated carbocycles. The van der Waals surface area contributed by atoms with Crippen LogP contribution in [-0.2, 0) is 18.5 Å². The number of halogens is 1. The predicted octanol–water partition coefficient (Wildman–Crippen LogP) is 4.51. The third-order valence-corrected chi connectivity index (χ3v) is 4.92. The molecule has 1 heterocycles. The molecule has 0 bridgehead atoms. The first-order valence-corrected chi connectivity index (χ1v) is 9.75. The van der Waals surface area contributed by atoms with Gasteiger partial charge in [-0.3, -0.25) is 9.59 Å². The Bertz CT molecular complexity index is 996. The molecular weight excluding hydrogens is 406 g/mol. The molecule has 0 amide bonds. The fourth-order valence-corrected chi connectivity index (χ4v) is 3.16. The number of aromatic nitrogens is 1. The van der Waals surface area contributed by atoms with E-state index in [0.29, 0.717) is 17.9 Å². The lowest BCUT2D eigenvalue weighted by atomic mass is 10.0. The maximum Gasteiger partial charge on any atom is 0.254 e. The molecule has 0 aliphatic rings. The molecule has 138 valence electrons. The number of nitrogens with zero attached hydrogens (tertiary/aromatic N) is 1. The van der Waals surface area contributed by atoms with Crippen LogP contribution in [0.4, 0.5) is 0 Å². The summed E-state index contributed by atoms with van der Waals surface area (Å²) in [6.45, 7) is 2.30. The van der Waals surface area contributed by atoms with E-state index in [9.17, 15) is 9.59 Å². The third-order valence-electron chi connectivity index (χ3n) is 4.28. The molecule has 0 N–H and O–H groups in total. The number of Topliss-reactive ketones (excluding diaryl/α,β-unsaturated/α-hetero) is 1. The van der Waals surface area contributed by atoms with Crippen LogP contribution in [0, 0.1) is 6.92 Å². The normalized spacial score (nSPS) is 10.6. The Hall–Kier alpha value is -2.66. The molecule has 0 aliphatic carbocycles. The number of hydrogen-bond donors (Lipinski definition) is 0. The monoisotopic (exact) mass is 425 g/mol. The number of ketones is 1. The molecule has 0 unspecified atom stereocenters. The lowest BCUT2D eigenvalue weighted by Gasteiger charge is -2.10. The zero-order valence-electron chi connectivity index (χ0n) is 15.0. The van der Waals surface area contributed by atoms with Crippen LogP contribution in [0.15, 0.2) is 71.7 Å². The van der Waals surface area contributed by atoms with E-state index in [0.717, 1.165) is 22.0 Å².